The lowest BCUT2D eigenvalue weighted by Gasteiger charge is -2.49. The fraction of sp³-hybridized carbons (Fsp3) is 0.407. The molecule has 6 unspecified atom stereocenters. The molecular weight excluding hydrogens is 635 g/mol. The second kappa shape index (κ2) is 9.17. The highest BCUT2D eigenvalue weighted by molar-refractivity contribution is 9.09. The molecule has 1 saturated carbocycles. The van der Waals surface area contributed by atoms with Crippen LogP contribution in [0.25, 0.3) is 0 Å². The number of aryl methyl sites for hydroxylation is 1. The summed E-state index contributed by atoms with van der Waals surface area (Å²) in [5.41, 5.74) is 1.67. The van der Waals surface area contributed by atoms with Crippen molar-refractivity contribution in [3.63, 3.8) is 0 Å². The number of allylic oxidation sites excluding steroid dienone is 2. The molecule has 1 aromatic heterocycles. The van der Waals surface area contributed by atoms with Gasteiger partial charge in [0.1, 0.15) is 18.1 Å². The lowest BCUT2D eigenvalue weighted by Crippen LogP contribution is -2.60. The number of imide groups is 2. The number of fused-ring (bicyclic) bond motifs is 4. The van der Waals surface area contributed by atoms with Gasteiger partial charge in [0.15, 0.2) is 9.75 Å². The zero-order chi connectivity index (χ0) is 28.0. The number of aliphatic hydroxyl groups is 1. The van der Waals surface area contributed by atoms with Gasteiger partial charge < -0.3 is 9.52 Å². The quantitative estimate of drug-likeness (QED) is 0.222. The van der Waals surface area contributed by atoms with Crippen molar-refractivity contribution in [2.24, 2.45) is 17.8 Å². The molecule has 4 amide bonds. The number of nitrogens with zero attached hydrogens (tertiary/aromatic N) is 2. The van der Waals surface area contributed by atoms with E-state index in [2.05, 4.69) is 15.9 Å². The van der Waals surface area contributed by atoms with E-state index in [4.69, 9.17) is 39.2 Å². The molecule has 6 rings (SSSR count). The smallest absolute Gasteiger partial charge is 0.254 e. The van der Waals surface area contributed by atoms with Crippen molar-refractivity contribution in [3.05, 3.63) is 64.1 Å². The third-order valence-corrected chi connectivity index (χ3v) is 10.9. The van der Waals surface area contributed by atoms with Crippen molar-refractivity contribution < 1.29 is 28.7 Å². The van der Waals surface area contributed by atoms with Crippen molar-refractivity contribution in [2.75, 3.05) is 10.4 Å². The largest absolute Gasteiger partial charge is 0.463 e. The molecule has 1 N–H and O–H groups in total. The van der Waals surface area contributed by atoms with E-state index in [1.165, 1.54) is 0 Å². The number of rotatable bonds is 4. The van der Waals surface area contributed by atoms with Gasteiger partial charge in [-0.25, -0.2) is 4.90 Å². The summed E-state index contributed by atoms with van der Waals surface area (Å²) >= 11 is 23.8. The Balaban J connectivity index is 1.50. The molecule has 2 aromatic rings. The molecule has 1 aromatic carbocycles. The normalized spacial score (nSPS) is 33.8. The topological polar surface area (TPSA) is 108 Å². The summed E-state index contributed by atoms with van der Waals surface area (Å²) in [6, 6.07) is 8.14. The minimum atomic E-state index is -1.95. The summed E-state index contributed by atoms with van der Waals surface area (Å²) in [5.74, 6) is -4.86. The maximum Gasteiger partial charge on any atom is 0.254 e. The van der Waals surface area contributed by atoms with E-state index in [0.717, 1.165) is 15.4 Å². The fourth-order valence-corrected chi connectivity index (χ4v) is 8.26. The van der Waals surface area contributed by atoms with Crippen molar-refractivity contribution in [1.82, 2.24) is 4.90 Å². The minimum Gasteiger partial charge on any atom is -0.463 e. The Morgan fingerprint density at radius 2 is 1.82 bits per heavy atom. The molecule has 2 aliphatic carbocycles. The SMILES string of the molecule is Cc1ccc(N2C(=O)C3CC=C4C(CC5(Cl)C(=O)N(CBr)C(=O)C5(Cl)C4c4ccc(CO)o4)C3C2=O)cc1Cl. The van der Waals surface area contributed by atoms with E-state index < -0.39 is 51.1 Å². The molecular formula is C27H22BrCl3N2O6. The summed E-state index contributed by atoms with van der Waals surface area (Å²) in [7, 11) is 0. The molecule has 12 heteroatoms. The number of aliphatic hydroxyl groups excluding tert-OH is 1. The third-order valence-electron chi connectivity index (χ3n) is 8.55. The summed E-state index contributed by atoms with van der Waals surface area (Å²) in [6.45, 7) is 1.44. The first-order valence-electron chi connectivity index (χ1n) is 12.3. The number of anilines is 1. The lowest BCUT2D eigenvalue weighted by atomic mass is 9.57. The molecule has 0 bridgehead atoms. The minimum absolute atomic E-state index is 0.116. The number of carbonyl (C=O) groups is 4. The summed E-state index contributed by atoms with van der Waals surface area (Å²) in [6.07, 6.45) is 1.93. The Bertz CT molecular complexity index is 1490. The van der Waals surface area contributed by atoms with Crippen LogP contribution in [-0.2, 0) is 25.8 Å². The second-order valence-corrected chi connectivity index (χ2v) is 12.5. The number of hydrogen-bond donors (Lipinski definition) is 1. The molecule has 0 radical (unpaired) electrons. The van der Waals surface area contributed by atoms with Gasteiger partial charge in [0.25, 0.3) is 11.8 Å². The Labute approximate surface area is 247 Å². The van der Waals surface area contributed by atoms with Crippen molar-refractivity contribution >= 4 is 80.0 Å². The van der Waals surface area contributed by atoms with E-state index in [1.807, 2.05) is 13.0 Å². The average molecular weight is 657 g/mol. The van der Waals surface area contributed by atoms with Crippen LogP contribution >= 0.6 is 50.7 Å². The molecule has 2 saturated heterocycles. The molecule has 0 spiro atoms. The summed E-state index contributed by atoms with van der Waals surface area (Å²) in [5, 5.41) is 10.0. The number of carbonyl (C=O) groups excluding carboxylic acids is 4. The number of furan rings is 1. The standard InChI is InChI=1S/C27H22BrCl3N2O6/c1-12-2-3-13(8-18(12)29)33-22(35)16-6-5-15-17(20(16)23(33)36)9-26(30)24(37)32(11-28)25(38)27(26,31)21(15)19-7-4-14(10-34)39-19/h2-5,7-8,16-17,20-21,34H,6,9-11H2,1H3. The van der Waals surface area contributed by atoms with Gasteiger partial charge in [0.05, 0.1) is 28.9 Å². The highest BCUT2D eigenvalue weighted by atomic mass is 79.9. The van der Waals surface area contributed by atoms with Gasteiger partial charge in [-0.1, -0.05) is 45.2 Å². The molecule has 3 fully saturated rings. The number of likely N-dealkylation sites (tertiary alicyclic amines) is 1. The van der Waals surface area contributed by atoms with E-state index >= 15 is 0 Å². The second-order valence-electron chi connectivity index (χ2n) is 10.4. The monoisotopic (exact) mass is 654 g/mol. The van der Waals surface area contributed by atoms with Crippen molar-refractivity contribution in [2.45, 2.75) is 42.0 Å². The Morgan fingerprint density at radius 1 is 1.08 bits per heavy atom. The third kappa shape index (κ3) is 3.46. The van der Waals surface area contributed by atoms with Gasteiger partial charge >= 0.3 is 0 Å². The number of alkyl halides is 3. The Hall–Kier alpha value is -2.17. The molecule has 204 valence electrons. The Morgan fingerprint density at radius 3 is 2.46 bits per heavy atom. The van der Waals surface area contributed by atoms with E-state index in [1.54, 1.807) is 30.3 Å². The van der Waals surface area contributed by atoms with Crippen LogP contribution in [0.1, 0.15) is 35.8 Å². The van der Waals surface area contributed by atoms with Gasteiger partial charge in [0, 0.05) is 5.02 Å². The van der Waals surface area contributed by atoms with Crippen LogP contribution < -0.4 is 4.90 Å². The maximum atomic E-state index is 14.0. The number of halogens is 4. The average Bonchev–Trinajstić information content (AvgIpc) is 3.52. The maximum absolute atomic E-state index is 14.0. The molecule has 4 aliphatic rings. The van der Waals surface area contributed by atoms with Crippen LogP contribution in [0.3, 0.4) is 0 Å². The van der Waals surface area contributed by atoms with Crippen LogP contribution in [0.4, 0.5) is 5.69 Å². The predicted molar refractivity (Wildman–Crippen MR) is 147 cm³/mol. The highest BCUT2D eigenvalue weighted by Crippen LogP contribution is 2.65. The number of amides is 4. The molecule has 2 aliphatic heterocycles. The van der Waals surface area contributed by atoms with E-state index in [9.17, 15) is 24.3 Å². The lowest BCUT2D eigenvalue weighted by molar-refractivity contribution is -0.138. The molecule has 8 nitrogen and oxygen atoms in total. The van der Waals surface area contributed by atoms with Gasteiger partial charge in [-0.2, -0.15) is 0 Å². The number of hydrogen-bond acceptors (Lipinski definition) is 6. The van der Waals surface area contributed by atoms with E-state index in [0.29, 0.717) is 16.3 Å². The van der Waals surface area contributed by atoms with Gasteiger partial charge in [-0.3, -0.25) is 24.1 Å². The van der Waals surface area contributed by atoms with Crippen LogP contribution in [0.5, 0.6) is 0 Å². The molecule has 3 heterocycles. The van der Waals surface area contributed by atoms with Crippen LogP contribution in [0, 0.1) is 24.7 Å². The van der Waals surface area contributed by atoms with Gasteiger partial charge in [-0.05, 0) is 55.5 Å². The first-order valence-corrected chi connectivity index (χ1v) is 14.6. The van der Waals surface area contributed by atoms with Crippen molar-refractivity contribution in [1.29, 1.82) is 0 Å². The van der Waals surface area contributed by atoms with Crippen molar-refractivity contribution in [3.8, 4) is 0 Å². The zero-order valence-electron chi connectivity index (χ0n) is 20.5. The number of benzene rings is 1. The van der Waals surface area contributed by atoms with E-state index in [-0.39, 0.29) is 42.3 Å². The molecule has 6 atom stereocenters. The molecule has 39 heavy (non-hydrogen) atoms. The van der Waals surface area contributed by atoms with Crippen LogP contribution in [-0.4, -0.2) is 48.8 Å². The van der Waals surface area contributed by atoms with Crippen LogP contribution in [0.2, 0.25) is 5.02 Å². The van der Waals surface area contributed by atoms with Crippen LogP contribution in [0.15, 0.2) is 46.4 Å². The summed E-state index contributed by atoms with van der Waals surface area (Å²) < 4.78 is 5.86. The highest BCUT2D eigenvalue weighted by Gasteiger charge is 2.76. The predicted octanol–water partition coefficient (Wildman–Crippen LogP) is 4.65. The zero-order valence-corrected chi connectivity index (χ0v) is 24.4. The fourth-order valence-electron chi connectivity index (χ4n) is 6.67. The summed E-state index contributed by atoms with van der Waals surface area (Å²) in [4.78, 5) is 53.1. The Kier molecular flexibility index (Phi) is 6.36. The van der Waals surface area contributed by atoms with Gasteiger partial charge in [-0.15, -0.1) is 23.2 Å². The first-order chi connectivity index (χ1) is 18.5. The first kappa shape index (κ1) is 27.0. The van der Waals surface area contributed by atoms with Gasteiger partial charge in [0.2, 0.25) is 11.8 Å².